The average molecular weight is 399 g/mol. The zero-order chi connectivity index (χ0) is 20.9. The lowest BCUT2D eigenvalue weighted by Crippen LogP contribution is -2.28. The summed E-state index contributed by atoms with van der Waals surface area (Å²) in [6.45, 7) is 3.09. The van der Waals surface area contributed by atoms with E-state index in [1.165, 1.54) is 64.7 Å². The molecule has 0 amide bonds. The molecule has 0 aliphatic carbocycles. The third kappa shape index (κ3) is 19.4. The highest BCUT2D eigenvalue weighted by molar-refractivity contribution is 5.69. The molecule has 0 aromatic rings. The van der Waals surface area contributed by atoms with Crippen molar-refractivity contribution in [2.75, 3.05) is 13.2 Å². The summed E-state index contributed by atoms with van der Waals surface area (Å²) in [4.78, 5) is 22.4. The molecule has 5 nitrogen and oxygen atoms in total. The summed E-state index contributed by atoms with van der Waals surface area (Å²) in [5.41, 5.74) is 0. The quantitative estimate of drug-likeness (QED) is 0.177. The van der Waals surface area contributed by atoms with Gasteiger partial charge in [-0.05, 0) is 32.1 Å². The van der Waals surface area contributed by atoms with E-state index in [9.17, 15) is 9.59 Å². The smallest absolute Gasteiger partial charge is 0.306 e. The topological polar surface area (TPSA) is 72.8 Å². The van der Waals surface area contributed by atoms with E-state index in [-0.39, 0.29) is 19.2 Å². The van der Waals surface area contributed by atoms with E-state index in [2.05, 4.69) is 19.1 Å². The molecule has 164 valence electrons. The van der Waals surface area contributed by atoms with Crippen LogP contribution in [0.1, 0.15) is 104 Å². The van der Waals surface area contributed by atoms with Crippen molar-refractivity contribution >= 4 is 11.9 Å². The first-order chi connectivity index (χ1) is 13.6. The molecule has 0 aromatic carbocycles. The van der Waals surface area contributed by atoms with Gasteiger partial charge in [-0.15, -0.1) is 0 Å². The molecule has 0 saturated carbocycles. The maximum atomic E-state index is 11.7. The predicted octanol–water partition coefficient (Wildman–Crippen LogP) is 5.49. The number of rotatable bonds is 19. The summed E-state index contributed by atoms with van der Waals surface area (Å²) in [5.74, 6) is -0.796. The largest absolute Gasteiger partial charge is 0.462 e. The summed E-state index contributed by atoms with van der Waals surface area (Å²) < 4.78 is 9.84. The molecule has 1 atom stereocenters. The molecule has 5 heteroatoms. The number of hydrogen-bond donors (Lipinski definition) is 1. The standard InChI is InChI=1S/C23H42O5/c1-3-4-5-6-7-8-9-10-11-12-13-14-15-16-17-18-23(26)28-22(19-24)20-27-21(2)25/h10-11,22,24H,3-9,12-20H2,1-2H3/b11-10+. The number of aliphatic hydroxyl groups excluding tert-OH is 1. The number of ether oxygens (including phenoxy) is 2. The van der Waals surface area contributed by atoms with Crippen molar-refractivity contribution in [3.63, 3.8) is 0 Å². The van der Waals surface area contributed by atoms with Crippen LogP contribution in [0.2, 0.25) is 0 Å². The number of esters is 2. The van der Waals surface area contributed by atoms with Gasteiger partial charge in [0, 0.05) is 13.3 Å². The van der Waals surface area contributed by atoms with Crippen LogP contribution in [0.4, 0.5) is 0 Å². The van der Waals surface area contributed by atoms with Crippen molar-refractivity contribution < 1.29 is 24.2 Å². The van der Waals surface area contributed by atoms with Crippen molar-refractivity contribution in [1.29, 1.82) is 0 Å². The van der Waals surface area contributed by atoms with Crippen LogP contribution in [-0.4, -0.2) is 36.4 Å². The predicted molar refractivity (Wildman–Crippen MR) is 113 cm³/mol. The zero-order valence-corrected chi connectivity index (χ0v) is 18.1. The van der Waals surface area contributed by atoms with Gasteiger partial charge in [0.05, 0.1) is 6.61 Å². The van der Waals surface area contributed by atoms with Gasteiger partial charge in [0.1, 0.15) is 6.61 Å². The van der Waals surface area contributed by atoms with Crippen LogP contribution in [0.15, 0.2) is 12.2 Å². The Balaban J connectivity index is 3.43. The van der Waals surface area contributed by atoms with E-state index < -0.39 is 12.1 Å². The lowest BCUT2D eigenvalue weighted by Gasteiger charge is -2.15. The average Bonchev–Trinajstić information content (AvgIpc) is 2.68. The summed E-state index contributed by atoms with van der Waals surface area (Å²) in [6.07, 6.45) is 20.0. The van der Waals surface area contributed by atoms with Gasteiger partial charge in [0.15, 0.2) is 6.10 Å². The Morgan fingerprint density at radius 3 is 1.93 bits per heavy atom. The lowest BCUT2D eigenvalue weighted by molar-refractivity contribution is -0.160. The number of hydrogen-bond acceptors (Lipinski definition) is 5. The van der Waals surface area contributed by atoms with Crippen molar-refractivity contribution in [2.45, 2.75) is 110 Å². The Bertz CT molecular complexity index is 406. The molecular weight excluding hydrogens is 356 g/mol. The minimum atomic E-state index is -0.764. The van der Waals surface area contributed by atoms with Crippen molar-refractivity contribution in [3.8, 4) is 0 Å². The molecule has 0 fully saturated rings. The van der Waals surface area contributed by atoms with E-state index in [4.69, 9.17) is 14.6 Å². The molecular formula is C23H42O5. The summed E-state index contributed by atoms with van der Waals surface area (Å²) in [5, 5.41) is 9.12. The van der Waals surface area contributed by atoms with E-state index in [1.807, 2.05) is 0 Å². The highest BCUT2D eigenvalue weighted by atomic mass is 16.6. The first kappa shape index (κ1) is 26.6. The Morgan fingerprint density at radius 2 is 1.39 bits per heavy atom. The maximum Gasteiger partial charge on any atom is 0.306 e. The minimum absolute atomic E-state index is 0.0933. The fourth-order valence-corrected chi connectivity index (χ4v) is 2.92. The molecule has 28 heavy (non-hydrogen) atoms. The van der Waals surface area contributed by atoms with Gasteiger partial charge in [-0.1, -0.05) is 70.4 Å². The summed E-state index contributed by atoms with van der Waals surface area (Å²) >= 11 is 0. The second kappa shape index (κ2) is 20.4. The SMILES string of the molecule is CCCCCCCC/C=C/CCCCCCCC(=O)OC(CO)COC(C)=O. The highest BCUT2D eigenvalue weighted by Crippen LogP contribution is 2.10. The third-order valence-corrected chi connectivity index (χ3v) is 4.62. The number of carbonyl (C=O) groups is 2. The number of allylic oxidation sites excluding steroid dienone is 2. The highest BCUT2D eigenvalue weighted by Gasteiger charge is 2.14. The second-order valence-electron chi connectivity index (χ2n) is 7.43. The van der Waals surface area contributed by atoms with Crippen LogP contribution in [-0.2, 0) is 19.1 Å². The third-order valence-electron chi connectivity index (χ3n) is 4.62. The Hall–Kier alpha value is -1.36. The van der Waals surface area contributed by atoms with Gasteiger partial charge < -0.3 is 14.6 Å². The van der Waals surface area contributed by atoms with Crippen molar-refractivity contribution in [3.05, 3.63) is 12.2 Å². The molecule has 0 rings (SSSR count). The van der Waals surface area contributed by atoms with E-state index in [0.29, 0.717) is 6.42 Å². The Kier molecular flexibility index (Phi) is 19.4. The van der Waals surface area contributed by atoms with Gasteiger partial charge in [0.2, 0.25) is 0 Å². The minimum Gasteiger partial charge on any atom is -0.462 e. The Morgan fingerprint density at radius 1 is 0.857 bits per heavy atom. The normalized spacial score (nSPS) is 12.2. The molecule has 0 aliphatic heterocycles. The molecule has 0 heterocycles. The van der Waals surface area contributed by atoms with Crippen LogP contribution in [0.3, 0.4) is 0 Å². The van der Waals surface area contributed by atoms with Crippen LogP contribution in [0, 0.1) is 0 Å². The second-order valence-corrected chi connectivity index (χ2v) is 7.43. The molecule has 0 radical (unpaired) electrons. The first-order valence-electron chi connectivity index (χ1n) is 11.2. The molecule has 1 unspecified atom stereocenters. The van der Waals surface area contributed by atoms with Crippen molar-refractivity contribution in [1.82, 2.24) is 0 Å². The monoisotopic (exact) mass is 398 g/mol. The van der Waals surface area contributed by atoms with Crippen LogP contribution >= 0.6 is 0 Å². The van der Waals surface area contributed by atoms with E-state index in [0.717, 1.165) is 25.7 Å². The van der Waals surface area contributed by atoms with Gasteiger partial charge in [-0.2, -0.15) is 0 Å². The summed E-state index contributed by atoms with van der Waals surface area (Å²) in [7, 11) is 0. The Labute approximate surface area is 171 Å². The van der Waals surface area contributed by atoms with E-state index >= 15 is 0 Å². The van der Waals surface area contributed by atoms with E-state index in [1.54, 1.807) is 0 Å². The van der Waals surface area contributed by atoms with Gasteiger partial charge in [0.25, 0.3) is 0 Å². The maximum absolute atomic E-state index is 11.7. The van der Waals surface area contributed by atoms with Gasteiger partial charge in [-0.25, -0.2) is 0 Å². The summed E-state index contributed by atoms with van der Waals surface area (Å²) in [6, 6.07) is 0. The van der Waals surface area contributed by atoms with Crippen molar-refractivity contribution in [2.24, 2.45) is 0 Å². The fourth-order valence-electron chi connectivity index (χ4n) is 2.92. The molecule has 0 spiro atoms. The molecule has 1 N–H and O–H groups in total. The lowest BCUT2D eigenvalue weighted by atomic mass is 10.1. The van der Waals surface area contributed by atoms with Crippen LogP contribution < -0.4 is 0 Å². The zero-order valence-electron chi connectivity index (χ0n) is 18.1. The van der Waals surface area contributed by atoms with Gasteiger partial charge >= 0.3 is 11.9 Å². The van der Waals surface area contributed by atoms with Crippen LogP contribution in [0.5, 0.6) is 0 Å². The molecule has 0 bridgehead atoms. The van der Waals surface area contributed by atoms with Gasteiger partial charge in [-0.3, -0.25) is 9.59 Å². The number of carbonyl (C=O) groups excluding carboxylic acids is 2. The fraction of sp³-hybridized carbons (Fsp3) is 0.826. The molecule has 0 aliphatic rings. The molecule has 0 saturated heterocycles. The number of unbranched alkanes of at least 4 members (excludes halogenated alkanes) is 11. The van der Waals surface area contributed by atoms with Crippen LogP contribution in [0.25, 0.3) is 0 Å². The number of aliphatic hydroxyl groups is 1. The molecule has 0 aromatic heterocycles. The first-order valence-corrected chi connectivity index (χ1v) is 11.2.